The lowest BCUT2D eigenvalue weighted by molar-refractivity contribution is 0.456. The molecule has 1 N–H and O–H groups in total. The minimum Gasteiger partial charge on any atom is -0.439 e. The average molecular weight is 294 g/mol. The Kier molecular flexibility index (Phi) is 3.89. The highest BCUT2D eigenvalue weighted by Crippen LogP contribution is 2.21. The quantitative estimate of drug-likeness (QED) is 0.923. The fraction of sp³-hybridized carbons (Fsp3) is 0.231. The van der Waals surface area contributed by atoms with Gasteiger partial charge in [-0.1, -0.05) is 13.0 Å². The molecule has 1 aromatic heterocycles. The zero-order valence-electron chi connectivity index (χ0n) is 11.1. The Balaban J connectivity index is 2.35. The maximum Gasteiger partial charge on any atom is 0.254 e. The molecule has 7 heteroatoms. The number of hydrogen-bond donors (Lipinski definition) is 1. The lowest BCUT2D eigenvalue weighted by atomic mass is 10.3. The van der Waals surface area contributed by atoms with E-state index in [1.54, 1.807) is 12.1 Å². The Labute approximate surface area is 116 Å². The smallest absolute Gasteiger partial charge is 0.254 e. The standard InChI is InChI=1S/C13H14N2O4S/c1-3-11-14-12(16)8-13(15-11)19-9-5-4-6-10(7-9)20(2,17)18/h4-8H,3H2,1-2H3,(H,14,15,16). The molecule has 0 aliphatic rings. The highest BCUT2D eigenvalue weighted by molar-refractivity contribution is 7.90. The first-order valence-corrected chi connectivity index (χ1v) is 7.86. The number of nitrogens with one attached hydrogen (secondary N) is 1. The van der Waals surface area contributed by atoms with E-state index >= 15 is 0 Å². The van der Waals surface area contributed by atoms with Gasteiger partial charge in [0.2, 0.25) is 5.88 Å². The summed E-state index contributed by atoms with van der Waals surface area (Å²) in [7, 11) is -3.31. The number of ether oxygens (including phenoxy) is 1. The van der Waals surface area contributed by atoms with Crippen LogP contribution in [0.15, 0.2) is 40.0 Å². The molecule has 0 aliphatic carbocycles. The van der Waals surface area contributed by atoms with Crippen LogP contribution in [0.1, 0.15) is 12.7 Å². The summed E-state index contributed by atoms with van der Waals surface area (Å²) < 4.78 is 28.4. The van der Waals surface area contributed by atoms with E-state index < -0.39 is 9.84 Å². The fourth-order valence-electron chi connectivity index (χ4n) is 1.59. The Hall–Kier alpha value is -2.15. The molecule has 6 nitrogen and oxygen atoms in total. The first-order chi connectivity index (χ1) is 9.38. The number of hydrogen-bond acceptors (Lipinski definition) is 5. The van der Waals surface area contributed by atoms with Gasteiger partial charge in [-0.05, 0) is 18.2 Å². The monoisotopic (exact) mass is 294 g/mol. The van der Waals surface area contributed by atoms with Crippen LogP contribution in [0.25, 0.3) is 0 Å². The highest BCUT2D eigenvalue weighted by atomic mass is 32.2. The maximum atomic E-state index is 11.5. The summed E-state index contributed by atoms with van der Waals surface area (Å²) in [5.74, 6) is 0.955. The van der Waals surface area contributed by atoms with E-state index in [4.69, 9.17) is 4.74 Å². The summed E-state index contributed by atoms with van der Waals surface area (Å²) >= 11 is 0. The second-order valence-electron chi connectivity index (χ2n) is 4.23. The van der Waals surface area contributed by atoms with Crippen LogP contribution < -0.4 is 10.3 Å². The first kappa shape index (κ1) is 14.3. The van der Waals surface area contributed by atoms with E-state index in [-0.39, 0.29) is 16.3 Å². The van der Waals surface area contributed by atoms with Crippen molar-refractivity contribution < 1.29 is 13.2 Å². The molecule has 1 heterocycles. The molecular formula is C13H14N2O4S. The number of aromatic nitrogens is 2. The van der Waals surface area contributed by atoms with Crippen LogP contribution in [-0.4, -0.2) is 24.6 Å². The predicted molar refractivity (Wildman–Crippen MR) is 73.9 cm³/mol. The molecule has 0 spiro atoms. The van der Waals surface area contributed by atoms with Gasteiger partial charge in [0, 0.05) is 12.7 Å². The number of benzene rings is 1. The number of aromatic amines is 1. The van der Waals surface area contributed by atoms with Gasteiger partial charge in [-0.25, -0.2) is 8.42 Å². The molecule has 2 rings (SSSR count). The SMILES string of the molecule is CCc1nc(Oc2cccc(S(C)(=O)=O)c2)cc(=O)[nH]1. The Morgan fingerprint density at radius 2 is 2.05 bits per heavy atom. The second-order valence-corrected chi connectivity index (χ2v) is 6.25. The van der Waals surface area contributed by atoms with E-state index in [1.807, 2.05) is 6.92 Å². The van der Waals surface area contributed by atoms with Crippen molar-refractivity contribution in [1.29, 1.82) is 0 Å². The average Bonchev–Trinajstić information content (AvgIpc) is 2.37. The molecule has 1 aromatic carbocycles. The minimum atomic E-state index is -3.31. The Morgan fingerprint density at radius 3 is 2.70 bits per heavy atom. The van der Waals surface area contributed by atoms with Crippen molar-refractivity contribution in [3.05, 3.63) is 46.5 Å². The molecule has 0 bridgehead atoms. The van der Waals surface area contributed by atoms with Gasteiger partial charge in [0.05, 0.1) is 11.0 Å². The van der Waals surface area contributed by atoms with Crippen molar-refractivity contribution in [2.24, 2.45) is 0 Å². The predicted octanol–water partition coefficient (Wildman–Crippen LogP) is 1.53. The van der Waals surface area contributed by atoms with Gasteiger partial charge in [-0.15, -0.1) is 0 Å². The van der Waals surface area contributed by atoms with E-state index in [0.29, 0.717) is 18.0 Å². The largest absolute Gasteiger partial charge is 0.439 e. The Morgan fingerprint density at radius 1 is 1.30 bits per heavy atom. The summed E-state index contributed by atoms with van der Waals surface area (Å²) in [4.78, 5) is 18.3. The van der Waals surface area contributed by atoms with Gasteiger partial charge in [-0.3, -0.25) is 4.79 Å². The Bertz CT molecular complexity index is 781. The number of H-pyrrole nitrogens is 1. The number of sulfone groups is 1. The van der Waals surface area contributed by atoms with Crippen LogP contribution in [0.5, 0.6) is 11.6 Å². The third-order valence-corrected chi connectivity index (χ3v) is 3.67. The van der Waals surface area contributed by atoms with Crippen molar-refractivity contribution in [3.8, 4) is 11.6 Å². The minimum absolute atomic E-state index is 0.135. The van der Waals surface area contributed by atoms with Crippen LogP contribution in [0.2, 0.25) is 0 Å². The van der Waals surface area contributed by atoms with E-state index in [0.717, 1.165) is 6.26 Å². The van der Waals surface area contributed by atoms with Gasteiger partial charge in [0.1, 0.15) is 11.6 Å². The summed E-state index contributed by atoms with van der Waals surface area (Å²) in [6.45, 7) is 1.85. The van der Waals surface area contributed by atoms with Crippen LogP contribution >= 0.6 is 0 Å². The van der Waals surface area contributed by atoms with Crippen molar-refractivity contribution in [3.63, 3.8) is 0 Å². The van der Waals surface area contributed by atoms with Crippen LogP contribution in [0.3, 0.4) is 0 Å². The van der Waals surface area contributed by atoms with Crippen molar-refractivity contribution in [2.75, 3.05) is 6.26 Å². The van der Waals surface area contributed by atoms with Crippen molar-refractivity contribution in [2.45, 2.75) is 18.2 Å². The molecule has 0 aliphatic heterocycles. The zero-order chi connectivity index (χ0) is 14.8. The molecule has 0 atom stereocenters. The van der Waals surface area contributed by atoms with Gasteiger partial charge < -0.3 is 9.72 Å². The number of aryl methyl sites for hydroxylation is 1. The lowest BCUT2D eigenvalue weighted by Crippen LogP contribution is -2.10. The summed E-state index contributed by atoms with van der Waals surface area (Å²) in [6.07, 6.45) is 1.68. The third kappa shape index (κ3) is 3.45. The normalized spacial score (nSPS) is 11.3. The van der Waals surface area contributed by atoms with E-state index in [2.05, 4.69) is 9.97 Å². The first-order valence-electron chi connectivity index (χ1n) is 5.96. The molecule has 0 unspecified atom stereocenters. The molecule has 0 saturated carbocycles. The lowest BCUT2D eigenvalue weighted by Gasteiger charge is -2.06. The van der Waals surface area contributed by atoms with Crippen molar-refractivity contribution >= 4 is 9.84 Å². The number of nitrogens with zero attached hydrogens (tertiary/aromatic N) is 1. The number of rotatable bonds is 4. The summed E-state index contributed by atoms with van der Waals surface area (Å²) in [5, 5.41) is 0. The van der Waals surface area contributed by atoms with Crippen molar-refractivity contribution in [1.82, 2.24) is 9.97 Å². The zero-order valence-corrected chi connectivity index (χ0v) is 11.9. The molecular weight excluding hydrogens is 280 g/mol. The second kappa shape index (κ2) is 5.46. The van der Waals surface area contributed by atoms with Gasteiger partial charge in [0.25, 0.3) is 5.56 Å². The summed E-state index contributed by atoms with van der Waals surface area (Å²) in [5.41, 5.74) is -0.314. The van der Waals surface area contributed by atoms with Crippen LogP contribution in [0, 0.1) is 0 Å². The summed E-state index contributed by atoms with van der Waals surface area (Å²) in [6, 6.07) is 7.25. The van der Waals surface area contributed by atoms with Gasteiger partial charge in [-0.2, -0.15) is 4.98 Å². The van der Waals surface area contributed by atoms with Gasteiger partial charge >= 0.3 is 0 Å². The molecule has 106 valence electrons. The maximum absolute atomic E-state index is 11.5. The molecule has 2 aromatic rings. The molecule has 0 saturated heterocycles. The molecule has 20 heavy (non-hydrogen) atoms. The van der Waals surface area contributed by atoms with Crippen LogP contribution in [-0.2, 0) is 16.3 Å². The van der Waals surface area contributed by atoms with Gasteiger partial charge in [0.15, 0.2) is 9.84 Å². The van der Waals surface area contributed by atoms with E-state index in [9.17, 15) is 13.2 Å². The van der Waals surface area contributed by atoms with Crippen LogP contribution in [0.4, 0.5) is 0 Å². The van der Waals surface area contributed by atoms with E-state index in [1.165, 1.54) is 18.2 Å². The highest BCUT2D eigenvalue weighted by Gasteiger charge is 2.09. The third-order valence-electron chi connectivity index (χ3n) is 2.56. The fourth-order valence-corrected chi connectivity index (χ4v) is 2.25. The molecule has 0 amide bonds. The molecule has 0 radical (unpaired) electrons. The molecule has 0 fully saturated rings. The topological polar surface area (TPSA) is 89.1 Å².